The molecule has 0 bridgehead atoms. The van der Waals surface area contributed by atoms with Crippen LogP contribution in [0.3, 0.4) is 0 Å². The highest BCUT2D eigenvalue weighted by atomic mass is 35.5. The van der Waals surface area contributed by atoms with Gasteiger partial charge in [-0.2, -0.15) is 4.98 Å². The molecule has 24 heavy (non-hydrogen) atoms. The molecule has 1 atom stereocenters. The average Bonchev–Trinajstić information content (AvgIpc) is 3.03. The van der Waals surface area contributed by atoms with Crippen molar-refractivity contribution in [1.82, 2.24) is 14.9 Å². The Hall–Kier alpha value is -2.05. The summed E-state index contributed by atoms with van der Waals surface area (Å²) in [6, 6.07) is 4.84. The Labute approximate surface area is 149 Å². The van der Waals surface area contributed by atoms with Crippen molar-refractivity contribution < 1.29 is 14.3 Å². The van der Waals surface area contributed by atoms with Crippen LogP contribution in [-0.2, 0) is 0 Å². The smallest absolute Gasteiger partial charge is 0.255 e. The van der Waals surface area contributed by atoms with Gasteiger partial charge in [-0.3, -0.25) is 9.78 Å². The predicted octanol–water partition coefficient (Wildman–Crippen LogP) is 3.09. The van der Waals surface area contributed by atoms with E-state index in [1.54, 1.807) is 23.1 Å². The average molecular weight is 368 g/mol. The number of rotatable bonds is 4. The fourth-order valence-corrected chi connectivity index (χ4v) is 2.99. The first kappa shape index (κ1) is 16.8. The molecule has 1 aromatic carbocycles. The molecule has 1 aliphatic rings. The highest BCUT2D eigenvalue weighted by Crippen LogP contribution is 2.25. The fraction of sp³-hybridized carbons (Fsp3) is 0.312. The maximum absolute atomic E-state index is 12.6. The molecule has 2 heterocycles. The van der Waals surface area contributed by atoms with Gasteiger partial charge in [0.1, 0.15) is 6.10 Å². The second-order valence-corrected chi connectivity index (χ2v) is 6.15. The normalized spacial score (nSPS) is 17.0. The number of likely N-dealkylation sites (tertiary alicyclic amines) is 1. The molecule has 1 amide bonds. The van der Waals surface area contributed by atoms with Gasteiger partial charge in [0, 0.05) is 18.0 Å². The largest absolute Gasteiger partial charge is 0.480 e. The van der Waals surface area contributed by atoms with E-state index in [4.69, 9.17) is 32.7 Å². The minimum absolute atomic E-state index is 0.139. The van der Waals surface area contributed by atoms with Crippen LogP contribution in [0.4, 0.5) is 0 Å². The maximum Gasteiger partial charge on any atom is 0.255 e. The number of nitrogens with zero attached hydrogens (tertiary/aromatic N) is 3. The summed E-state index contributed by atoms with van der Waals surface area (Å²) < 4.78 is 10.8. The zero-order chi connectivity index (χ0) is 17.1. The minimum atomic E-state index is -0.151. The van der Waals surface area contributed by atoms with E-state index in [2.05, 4.69) is 9.97 Å². The van der Waals surface area contributed by atoms with Gasteiger partial charge in [0.15, 0.2) is 0 Å². The van der Waals surface area contributed by atoms with E-state index in [0.717, 1.165) is 0 Å². The van der Waals surface area contributed by atoms with Gasteiger partial charge in [-0.05, 0) is 18.2 Å². The fourth-order valence-electron chi connectivity index (χ4n) is 2.50. The summed E-state index contributed by atoms with van der Waals surface area (Å²) in [5.41, 5.74) is 0.433. The van der Waals surface area contributed by atoms with E-state index < -0.39 is 0 Å². The van der Waals surface area contributed by atoms with Gasteiger partial charge in [-0.15, -0.1) is 0 Å². The van der Waals surface area contributed by atoms with Gasteiger partial charge in [0.25, 0.3) is 5.91 Å². The Morgan fingerprint density at radius 2 is 2.08 bits per heavy atom. The topological polar surface area (TPSA) is 64.6 Å². The summed E-state index contributed by atoms with van der Waals surface area (Å²) in [4.78, 5) is 22.4. The molecular formula is C16H15Cl2N3O3. The highest BCUT2D eigenvalue weighted by molar-refractivity contribution is 6.36. The molecule has 0 spiro atoms. The van der Waals surface area contributed by atoms with Gasteiger partial charge in [-0.1, -0.05) is 23.2 Å². The quantitative estimate of drug-likeness (QED) is 0.830. The lowest BCUT2D eigenvalue weighted by Gasteiger charge is -2.17. The highest BCUT2D eigenvalue weighted by Gasteiger charge is 2.29. The molecule has 1 aliphatic heterocycles. The number of hydrogen-bond donors (Lipinski definition) is 0. The SMILES string of the molecule is COc1cncc(OC2CCN(C(=O)c3ccc(Cl)cc3Cl)C2)n1. The summed E-state index contributed by atoms with van der Waals surface area (Å²) in [6.07, 6.45) is 3.57. The van der Waals surface area contributed by atoms with E-state index in [-0.39, 0.29) is 12.0 Å². The zero-order valence-corrected chi connectivity index (χ0v) is 14.4. The molecule has 3 rings (SSSR count). The molecule has 2 aromatic rings. The number of carbonyl (C=O) groups excluding carboxylic acids is 1. The van der Waals surface area contributed by atoms with Crippen molar-refractivity contribution in [2.24, 2.45) is 0 Å². The minimum Gasteiger partial charge on any atom is -0.480 e. The monoisotopic (exact) mass is 367 g/mol. The van der Waals surface area contributed by atoms with Gasteiger partial charge in [0.05, 0.1) is 36.6 Å². The van der Waals surface area contributed by atoms with Crippen molar-refractivity contribution in [2.45, 2.75) is 12.5 Å². The summed E-state index contributed by atoms with van der Waals surface area (Å²) in [5, 5.41) is 0.839. The van der Waals surface area contributed by atoms with Crippen molar-refractivity contribution in [3.8, 4) is 11.8 Å². The summed E-state index contributed by atoms with van der Waals surface area (Å²) in [6.45, 7) is 1.04. The first-order valence-corrected chi connectivity index (χ1v) is 8.09. The summed E-state index contributed by atoms with van der Waals surface area (Å²) >= 11 is 12.0. The van der Waals surface area contributed by atoms with Crippen molar-refractivity contribution in [3.63, 3.8) is 0 Å². The Bertz CT molecular complexity index is 757. The molecule has 0 saturated carbocycles. The van der Waals surface area contributed by atoms with Gasteiger partial charge < -0.3 is 14.4 Å². The third-order valence-corrected chi connectivity index (χ3v) is 4.23. The maximum atomic E-state index is 12.6. The van der Waals surface area contributed by atoms with Crippen LogP contribution in [0.25, 0.3) is 0 Å². The van der Waals surface area contributed by atoms with Gasteiger partial charge >= 0.3 is 0 Å². The van der Waals surface area contributed by atoms with E-state index in [9.17, 15) is 4.79 Å². The Balaban J connectivity index is 1.65. The molecular weight excluding hydrogens is 353 g/mol. The van der Waals surface area contributed by atoms with Gasteiger partial charge in [-0.25, -0.2) is 0 Å². The van der Waals surface area contributed by atoms with E-state index in [1.807, 2.05) is 0 Å². The van der Waals surface area contributed by atoms with Crippen molar-refractivity contribution in [3.05, 3.63) is 46.2 Å². The number of benzene rings is 1. The molecule has 8 heteroatoms. The Morgan fingerprint density at radius 1 is 1.29 bits per heavy atom. The first-order valence-electron chi connectivity index (χ1n) is 7.34. The lowest BCUT2D eigenvalue weighted by Crippen LogP contribution is -2.31. The molecule has 1 unspecified atom stereocenters. The van der Waals surface area contributed by atoms with Crippen LogP contribution in [-0.4, -0.2) is 47.1 Å². The van der Waals surface area contributed by atoms with E-state index in [1.165, 1.54) is 19.5 Å². The molecule has 0 aliphatic carbocycles. The van der Waals surface area contributed by atoms with Crippen LogP contribution < -0.4 is 9.47 Å². The van der Waals surface area contributed by atoms with Gasteiger partial charge in [0.2, 0.25) is 11.8 Å². The molecule has 0 radical (unpaired) electrons. The number of hydrogen-bond acceptors (Lipinski definition) is 5. The van der Waals surface area contributed by atoms with Crippen molar-refractivity contribution in [1.29, 1.82) is 0 Å². The van der Waals surface area contributed by atoms with Crippen LogP contribution in [0, 0.1) is 0 Å². The van der Waals surface area contributed by atoms with Crippen molar-refractivity contribution >= 4 is 29.1 Å². The number of carbonyl (C=O) groups is 1. The molecule has 0 N–H and O–H groups in total. The summed E-state index contributed by atoms with van der Waals surface area (Å²) in [5.74, 6) is 0.615. The predicted molar refractivity (Wildman–Crippen MR) is 90.0 cm³/mol. The van der Waals surface area contributed by atoms with Crippen LogP contribution in [0.2, 0.25) is 10.0 Å². The molecule has 126 valence electrons. The number of ether oxygens (including phenoxy) is 2. The lowest BCUT2D eigenvalue weighted by molar-refractivity contribution is 0.0771. The van der Waals surface area contributed by atoms with E-state index >= 15 is 0 Å². The standard InChI is InChI=1S/C16H15Cl2N3O3/c1-23-14-7-19-8-15(20-14)24-11-4-5-21(9-11)16(22)12-3-2-10(17)6-13(12)18/h2-3,6-8,11H,4-5,9H2,1H3. The molecule has 1 aromatic heterocycles. The first-order chi connectivity index (χ1) is 11.6. The van der Waals surface area contributed by atoms with Crippen LogP contribution in [0.1, 0.15) is 16.8 Å². The lowest BCUT2D eigenvalue weighted by atomic mass is 10.2. The number of amides is 1. The molecule has 6 nitrogen and oxygen atoms in total. The van der Waals surface area contributed by atoms with Crippen LogP contribution in [0.15, 0.2) is 30.6 Å². The Morgan fingerprint density at radius 3 is 2.83 bits per heavy atom. The summed E-state index contributed by atoms with van der Waals surface area (Å²) in [7, 11) is 1.51. The second kappa shape index (κ2) is 7.23. The third-order valence-electron chi connectivity index (χ3n) is 3.68. The van der Waals surface area contributed by atoms with E-state index in [0.29, 0.717) is 46.9 Å². The van der Waals surface area contributed by atoms with Crippen LogP contribution >= 0.6 is 23.2 Å². The molecule has 1 saturated heterocycles. The number of methoxy groups -OCH3 is 1. The number of halogens is 2. The second-order valence-electron chi connectivity index (χ2n) is 5.30. The molecule has 1 fully saturated rings. The van der Waals surface area contributed by atoms with Crippen molar-refractivity contribution in [2.75, 3.05) is 20.2 Å². The Kier molecular flexibility index (Phi) is 5.06. The third kappa shape index (κ3) is 3.71. The zero-order valence-electron chi connectivity index (χ0n) is 12.9. The van der Waals surface area contributed by atoms with Crippen LogP contribution in [0.5, 0.6) is 11.8 Å². The number of aromatic nitrogens is 2.